The number of carbonyl (C=O) groups is 1. The van der Waals surface area contributed by atoms with Crippen molar-refractivity contribution in [2.75, 3.05) is 6.54 Å². The summed E-state index contributed by atoms with van der Waals surface area (Å²) in [5.74, 6) is -0.705. The summed E-state index contributed by atoms with van der Waals surface area (Å²) in [5.41, 5.74) is 2.51. The molecule has 0 spiro atoms. The Bertz CT molecular complexity index is 999. The minimum absolute atomic E-state index is 0.172. The van der Waals surface area contributed by atoms with Crippen LogP contribution < -0.4 is 0 Å². The van der Waals surface area contributed by atoms with Gasteiger partial charge in [-0.1, -0.05) is 54.6 Å². The van der Waals surface area contributed by atoms with Crippen LogP contribution in [0.5, 0.6) is 0 Å². The van der Waals surface area contributed by atoms with Crippen LogP contribution >= 0.6 is 0 Å². The second-order valence-corrected chi connectivity index (χ2v) is 9.36. The second kappa shape index (κ2) is 7.18. The largest absolute Gasteiger partial charge is 0.457 e. The summed E-state index contributed by atoms with van der Waals surface area (Å²) in [6.45, 7) is 5.98. The maximum absolute atomic E-state index is 13.3. The number of rotatable bonds is 5. The molecule has 2 saturated heterocycles. The fourth-order valence-corrected chi connectivity index (χ4v) is 5.86. The van der Waals surface area contributed by atoms with E-state index in [0.717, 1.165) is 17.5 Å². The molecule has 2 fully saturated rings. The molecule has 2 aromatic carbocycles. The summed E-state index contributed by atoms with van der Waals surface area (Å²) in [6.07, 6.45) is 0.864. The predicted octanol–water partition coefficient (Wildman–Crippen LogP) is 3.10. The van der Waals surface area contributed by atoms with E-state index < -0.39 is 22.1 Å². The van der Waals surface area contributed by atoms with Crippen LogP contribution in [0.2, 0.25) is 0 Å². The number of hydrogen-bond acceptors (Lipinski definition) is 4. The monoisotopic (exact) mass is 397 g/mol. The summed E-state index contributed by atoms with van der Waals surface area (Å²) in [7, 11) is -3.69. The normalized spacial score (nSPS) is 25.0. The number of esters is 1. The molecule has 0 radical (unpaired) electrons. The third-order valence-electron chi connectivity index (χ3n) is 5.67. The van der Waals surface area contributed by atoms with Gasteiger partial charge in [-0.3, -0.25) is 0 Å². The lowest BCUT2D eigenvalue weighted by molar-refractivity contribution is -0.138. The van der Waals surface area contributed by atoms with Gasteiger partial charge in [0, 0.05) is 17.5 Å². The van der Waals surface area contributed by atoms with Crippen molar-refractivity contribution in [3.05, 3.63) is 77.9 Å². The zero-order chi connectivity index (χ0) is 19.9. The maximum Gasteiger partial charge on any atom is 0.334 e. The first-order valence-electron chi connectivity index (χ1n) is 9.40. The topological polar surface area (TPSA) is 63.7 Å². The number of benzene rings is 2. The molecule has 4 rings (SSSR count). The van der Waals surface area contributed by atoms with Gasteiger partial charge in [-0.05, 0) is 37.5 Å². The SMILES string of the molecule is C=C1C(=O)O[C@@H]2CN(S(=O)(=O)c3ccc(C)cc3)[C@H](CCc3ccccc3)[C@@H]12. The molecular weight excluding hydrogens is 374 g/mol. The number of aryl methyl sites for hydroxylation is 2. The lowest BCUT2D eigenvalue weighted by Gasteiger charge is -2.27. The van der Waals surface area contributed by atoms with E-state index in [2.05, 4.69) is 6.58 Å². The van der Waals surface area contributed by atoms with Crippen LogP contribution in [0.4, 0.5) is 0 Å². The summed E-state index contributed by atoms with van der Waals surface area (Å²) in [5, 5.41) is 0. The highest BCUT2D eigenvalue weighted by molar-refractivity contribution is 7.89. The van der Waals surface area contributed by atoms with Gasteiger partial charge in [0.15, 0.2) is 0 Å². The average Bonchev–Trinajstić information content (AvgIpc) is 3.18. The fraction of sp³-hybridized carbons (Fsp3) is 0.318. The van der Waals surface area contributed by atoms with Crippen LogP contribution in [0.25, 0.3) is 0 Å². The van der Waals surface area contributed by atoms with Crippen LogP contribution in [-0.4, -0.2) is 37.4 Å². The first-order chi connectivity index (χ1) is 13.4. The van der Waals surface area contributed by atoms with E-state index in [4.69, 9.17) is 4.74 Å². The summed E-state index contributed by atoms with van der Waals surface area (Å²) >= 11 is 0. The fourth-order valence-electron chi connectivity index (χ4n) is 4.17. The van der Waals surface area contributed by atoms with Crippen LogP contribution in [0.1, 0.15) is 17.5 Å². The molecule has 3 atom stereocenters. The summed E-state index contributed by atoms with van der Waals surface area (Å²) in [6, 6.07) is 16.4. The summed E-state index contributed by atoms with van der Waals surface area (Å²) in [4.78, 5) is 12.2. The van der Waals surface area contributed by atoms with Gasteiger partial charge in [0.1, 0.15) is 6.10 Å². The van der Waals surface area contributed by atoms with E-state index >= 15 is 0 Å². The molecule has 5 nitrogen and oxygen atoms in total. The Kier molecular flexibility index (Phi) is 4.85. The maximum atomic E-state index is 13.3. The highest BCUT2D eigenvalue weighted by Gasteiger charge is 2.54. The molecule has 0 N–H and O–H groups in total. The third-order valence-corrected chi connectivity index (χ3v) is 7.57. The predicted molar refractivity (Wildman–Crippen MR) is 106 cm³/mol. The molecule has 2 heterocycles. The number of carbonyl (C=O) groups excluding carboxylic acids is 1. The van der Waals surface area contributed by atoms with E-state index in [-0.39, 0.29) is 23.4 Å². The van der Waals surface area contributed by atoms with Crippen LogP contribution in [-0.2, 0) is 26.0 Å². The van der Waals surface area contributed by atoms with Gasteiger partial charge in [-0.15, -0.1) is 0 Å². The van der Waals surface area contributed by atoms with Crippen molar-refractivity contribution >= 4 is 16.0 Å². The minimum atomic E-state index is -3.69. The molecule has 0 amide bonds. The molecule has 0 aromatic heterocycles. The van der Waals surface area contributed by atoms with E-state index in [0.29, 0.717) is 12.0 Å². The Morgan fingerprint density at radius 2 is 1.79 bits per heavy atom. The lowest BCUT2D eigenvalue weighted by Crippen LogP contribution is -2.39. The van der Waals surface area contributed by atoms with E-state index in [9.17, 15) is 13.2 Å². The van der Waals surface area contributed by atoms with E-state index in [1.807, 2.05) is 37.3 Å². The number of hydrogen-bond donors (Lipinski definition) is 0. The number of ether oxygens (including phenoxy) is 1. The Balaban J connectivity index is 1.65. The van der Waals surface area contributed by atoms with Gasteiger partial charge in [0.2, 0.25) is 10.0 Å². The molecule has 2 aromatic rings. The quantitative estimate of drug-likeness (QED) is 0.575. The Labute approximate surface area is 165 Å². The van der Waals surface area contributed by atoms with Gasteiger partial charge < -0.3 is 4.74 Å². The number of sulfonamides is 1. The molecule has 6 heteroatoms. The zero-order valence-corrected chi connectivity index (χ0v) is 16.6. The highest BCUT2D eigenvalue weighted by atomic mass is 32.2. The Hall–Kier alpha value is -2.44. The molecule has 0 saturated carbocycles. The average molecular weight is 397 g/mol. The molecule has 0 aliphatic carbocycles. The molecule has 0 unspecified atom stereocenters. The first-order valence-corrected chi connectivity index (χ1v) is 10.8. The first kappa shape index (κ1) is 18.9. The van der Waals surface area contributed by atoms with Gasteiger partial charge in [0.25, 0.3) is 0 Å². The van der Waals surface area contributed by atoms with Crippen molar-refractivity contribution in [2.45, 2.75) is 36.8 Å². The van der Waals surface area contributed by atoms with Crippen molar-refractivity contribution in [1.82, 2.24) is 4.31 Å². The van der Waals surface area contributed by atoms with Crippen molar-refractivity contribution < 1.29 is 17.9 Å². The van der Waals surface area contributed by atoms with Crippen LogP contribution in [0.15, 0.2) is 71.6 Å². The van der Waals surface area contributed by atoms with Crippen LogP contribution in [0.3, 0.4) is 0 Å². The van der Waals surface area contributed by atoms with Crippen molar-refractivity contribution in [2.24, 2.45) is 5.92 Å². The number of fused-ring (bicyclic) bond motifs is 1. The molecule has 2 aliphatic heterocycles. The van der Waals surface area contributed by atoms with Crippen LogP contribution in [0, 0.1) is 12.8 Å². The van der Waals surface area contributed by atoms with E-state index in [1.54, 1.807) is 24.3 Å². The van der Waals surface area contributed by atoms with Gasteiger partial charge in [0.05, 0.1) is 11.4 Å². The second-order valence-electron chi connectivity index (χ2n) is 7.47. The Morgan fingerprint density at radius 3 is 2.46 bits per heavy atom. The zero-order valence-electron chi connectivity index (χ0n) is 15.7. The lowest BCUT2D eigenvalue weighted by atomic mass is 9.89. The van der Waals surface area contributed by atoms with Gasteiger partial charge in [-0.25, -0.2) is 13.2 Å². The standard InChI is InChI=1S/C22H23NO4S/c1-15-8-11-18(12-9-15)28(25,26)23-14-20-21(16(2)22(24)27-20)19(23)13-10-17-6-4-3-5-7-17/h3-9,11-12,19-21H,2,10,13-14H2,1H3/t19-,20-,21-/m1/s1. The smallest absolute Gasteiger partial charge is 0.334 e. The molecule has 146 valence electrons. The minimum Gasteiger partial charge on any atom is -0.457 e. The molecule has 2 aliphatic rings. The van der Waals surface area contributed by atoms with Gasteiger partial charge >= 0.3 is 5.97 Å². The molecule has 0 bridgehead atoms. The van der Waals surface area contributed by atoms with Crippen molar-refractivity contribution in [3.63, 3.8) is 0 Å². The highest BCUT2D eigenvalue weighted by Crippen LogP contribution is 2.42. The Morgan fingerprint density at radius 1 is 1.11 bits per heavy atom. The number of nitrogens with zero attached hydrogens (tertiary/aromatic N) is 1. The van der Waals surface area contributed by atoms with Crippen molar-refractivity contribution in [3.8, 4) is 0 Å². The molecule has 28 heavy (non-hydrogen) atoms. The third kappa shape index (κ3) is 3.27. The molecular formula is C22H23NO4S. The van der Waals surface area contributed by atoms with Gasteiger partial charge in [-0.2, -0.15) is 4.31 Å². The van der Waals surface area contributed by atoms with Crippen molar-refractivity contribution in [1.29, 1.82) is 0 Å². The summed E-state index contributed by atoms with van der Waals surface area (Å²) < 4.78 is 33.6. The van der Waals surface area contributed by atoms with E-state index in [1.165, 1.54) is 4.31 Å².